The summed E-state index contributed by atoms with van der Waals surface area (Å²) in [6.07, 6.45) is -3.27. The van der Waals surface area contributed by atoms with Crippen LogP contribution in [0, 0.1) is 11.6 Å². The predicted octanol–water partition coefficient (Wildman–Crippen LogP) is 7.93. The standard InChI is InChI=1S/C15H12BrClF4N2O2.C14H13ClFN3O3S2/c1-6(2)25-14(24)7-4-8(10(18)5-9(7)17)12-11(16)13(15(19,20)21)23(3)22-12;15-8-5-9(16)10(6-11(8)23-7-12(20)21)17-13-18-3-1-2-4-19(18)14(22)24-13/h4-6H,1-3H3;5-6H,1-4,7H2,(H,20,21). The minimum absolute atomic E-state index is 0.0370. The van der Waals surface area contributed by atoms with E-state index in [4.69, 9.17) is 33.0 Å². The van der Waals surface area contributed by atoms with Crippen molar-refractivity contribution < 1.29 is 41.4 Å². The lowest BCUT2D eigenvalue weighted by Gasteiger charge is -2.15. The summed E-state index contributed by atoms with van der Waals surface area (Å²) in [5, 5.41) is 12.4. The second-order valence-electron chi connectivity index (χ2n) is 10.5. The smallest absolute Gasteiger partial charge is 0.434 e. The van der Waals surface area contributed by atoms with Gasteiger partial charge in [-0.3, -0.25) is 19.0 Å². The van der Waals surface area contributed by atoms with Gasteiger partial charge < -0.3 is 9.84 Å². The van der Waals surface area contributed by atoms with Crippen LogP contribution in [0.25, 0.3) is 11.3 Å². The van der Waals surface area contributed by atoms with Crippen molar-refractivity contribution in [3.05, 3.63) is 76.1 Å². The normalized spacial score (nSPS) is 13.3. The topological polar surface area (TPSA) is 121 Å². The molecule has 10 nitrogen and oxygen atoms in total. The Labute approximate surface area is 301 Å². The molecule has 2 aromatic heterocycles. The summed E-state index contributed by atoms with van der Waals surface area (Å²) in [6.45, 7) is 4.52. The highest BCUT2D eigenvalue weighted by Gasteiger charge is 2.39. The van der Waals surface area contributed by atoms with Crippen molar-refractivity contribution in [2.45, 2.75) is 57.0 Å². The fraction of sp³-hybridized carbons (Fsp3) is 0.345. The van der Waals surface area contributed by atoms with Gasteiger partial charge in [0, 0.05) is 30.6 Å². The molecule has 0 amide bonds. The van der Waals surface area contributed by atoms with Crippen LogP contribution in [0.5, 0.6) is 0 Å². The van der Waals surface area contributed by atoms with Gasteiger partial charge in [0.25, 0.3) is 0 Å². The van der Waals surface area contributed by atoms with Crippen LogP contribution in [0.1, 0.15) is 42.7 Å². The molecule has 1 N–H and O–H groups in total. The van der Waals surface area contributed by atoms with Crippen molar-refractivity contribution in [2.75, 3.05) is 5.75 Å². The Morgan fingerprint density at radius 1 is 1.10 bits per heavy atom. The van der Waals surface area contributed by atoms with Gasteiger partial charge in [-0.05, 0) is 78.2 Å². The summed E-state index contributed by atoms with van der Waals surface area (Å²) in [7, 11) is 1.08. The van der Waals surface area contributed by atoms with E-state index in [2.05, 4.69) is 26.0 Å². The molecule has 5 rings (SSSR count). The molecule has 20 heteroatoms. The molecular formula is C29H25BrCl2F5N5O5S2. The number of carboxylic acids is 1. The Kier molecular flexibility index (Phi) is 12.4. The zero-order valence-electron chi connectivity index (χ0n) is 25.6. The van der Waals surface area contributed by atoms with E-state index in [0.717, 1.165) is 61.2 Å². The average Bonchev–Trinajstić information content (AvgIpc) is 3.48. The number of halogens is 8. The maximum absolute atomic E-state index is 14.3. The number of carbonyl (C=O) groups is 2. The van der Waals surface area contributed by atoms with Crippen LogP contribution < -0.4 is 9.67 Å². The molecule has 0 atom stereocenters. The summed E-state index contributed by atoms with van der Waals surface area (Å²) < 4.78 is 76.2. The van der Waals surface area contributed by atoms with Gasteiger partial charge in [0.05, 0.1) is 31.9 Å². The van der Waals surface area contributed by atoms with Crippen molar-refractivity contribution in [3.63, 3.8) is 0 Å². The SMILES string of the molecule is CC(C)OC(=O)c1cc(-c2nn(C)c(C(F)(F)F)c2Br)c(F)cc1Cl.O=C(O)CSc1cc(N=c2sc(=O)n3n2CCCC3)c(F)cc1Cl. The largest absolute Gasteiger partial charge is 0.481 e. The molecule has 4 aromatic rings. The third-order valence-electron chi connectivity index (χ3n) is 6.59. The molecule has 0 saturated heterocycles. The number of carboxylic acid groups (broad SMARTS) is 1. The number of esters is 1. The molecule has 0 saturated carbocycles. The van der Waals surface area contributed by atoms with E-state index >= 15 is 0 Å². The molecule has 264 valence electrons. The minimum atomic E-state index is -4.69. The van der Waals surface area contributed by atoms with Crippen molar-refractivity contribution in [3.8, 4) is 11.3 Å². The Hall–Kier alpha value is -3.19. The van der Waals surface area contributed by atoms with Gasteiger partial charge >= 0.3 is 23.0 Å². The Balaban J connectivity index is 0.000000221. The number of carbonyl (C=O) groups excluding carboxylic acids is 1. The first-order valence-electron chi connectivity index (χ1n) is 14.1. The molecule has 0 aliphatic carbocycles. The van der Waals surface area contributed by atoms with E-state index in [-0.39, 0.29) is 43.2 Å². The number of alkyl halides is 3. The molecular weight excluding hydrogens is 808 g/mol. The Morgan fingerprint density at radius 2 is 1.73 bits per heavy atom. The first kappa shape index (κ1) is 38.6. The molecule has 49 heavy (non-hydrogen) atoms. The second-order valence-corrected chi connectivity index (χ2v) is 14.1. The third kappa shape index (κ3) is 9.14. The lowest BCUT2D eigenvalue weighted by molar-refractivity contribution is -0.144. The summed E-state index contributed by atoms with van der Waals surface area (Å²) in [5.41, 5.74) is -1.82. The van der Waals surface area contributed by atoms with E-state index in [1.165, 1.54) is 6.07 Å². The molecule has 0 unspecified atom stereocenters. The zero-order chi connectivity index (χ0) is 36.4. The quantitative estimate of drug-likeness (QED) is 0.114. The molecule has 0 bridgehead atoms. The second kappa shape index (κ2) is 15.8. The van der Waals surface area contributed by atoms with Crippen LogP contribution in [-0.4, -0.2) is 48.0 Å². The summed E-state index contributed by atoms with van der Waals surface area (Å²) in [6, 6.07) is 4.38. The number of benzene rings is 2. The molecule has 2 aromatic carbocycles. The van der Waals surface area contributed by atoms with Crippen molar-refractivity contribution in [1.82, 2.24) is 19.1 Å². The number of hydrogen-bond acceptors (Lipinski definition) is 8. The number of thioether (sulfide) groups is 1. The summed E-state index contributed by atoms with van der Waals surface area (Å²) >= 11 is 16.6. The first-order valence-corrected chi connectivity index (χ1v) is 17.4. The number of aromatic nitrogens is 4. The fourth-order valence-corrected chi connectivity index (χ4v) is 7.39. The monoisotopic (exact) mass is 831 g/mol. The van der Waals surface area contributed by atoms with E-state index in [0.29, 0.717) is 27.5 Å². The van der Waals surface area contributed by atoms with Gasteiger partial charge in [-0.2, -0.15) is 18.3 Å². The number of nitrogens with zero attached hydrogens (tertiary/aromatic N) is 5. The van der Waals surface area contributed by atoms with Gasteiger partial charge in [-0.25, -0.2) is 23.2 Å². The highest BCUT2D eigenvalue weighted by atomic mass is 79.9. The van der Waals surface area contributed by atoms with Crippen molar-refractivity contribution in [2.24, 2.45) is 12.0 Å². The number of hydrogen-bond donors (Lipinski definition) is 1. The van der Waals surface area contributed by atoms with Crippen LogP contribution in [0.2, 0.25) is 10.0 Å². The molecule has 0 spiro atoms. The van der Waals surface area contributed by atoms with Crippen LogP contribution in [0.4, 0.5) is 27.6 Å². The van der Waals surface area contributed by atoms with Gasteiger partial charge in [0.1, 0.15) is 23.0 Å². The Morgan fingerprint density at radius 3 is 2.33 bits per heavy atom. The van der Waals surface area contributed by atoms with E-state index in [9.17, 15) is 36.3 Å². The van der Waals surface area contributed by atoms with Crippen molar-refractivity contribution >= 4 is 79.9 Å². The average molecular weight is 833 g/mol. The predicted molar refractivity (Wildman–Crippen MR) is 178 cm³/mol. The van der Waals surface area contributed by atoms with Gasteiger partial charge in [-0.1, -0.05) is 23.2 Å². The molecule has 3 heterocycles. The summed E-state index contributed by atoms with van der Waals surface area (Å²) in [4.78, 5) is 39.7. The van der Waals surface area contributed by atoms with Gasteiger partial charge in [0.15, 0.2) is 5.69 Å². The maximum Gasteiger partial charge on any atom is 0.434 e. The first-order chi connectivity index (χ1) is 22.9. The lowest BCUT2D eigenvalue weighted by Crippen LogP contribution is -2.31. The van der Waals surface area contributed by atoms with Crippen molar-refractivity contribution in [1.29, 1.82) is 0 Å². The molecule has 1 aliphatic rings. The number of aliphatic carboxylic acids is 1. The van der Waals surface area contributed by atoms with E-state index in [1.54, 1.807) is 23.2 Å². The molecule has 1 aliphatic heterocycles. The highest BCUT2D eigenvalue weighted by Crippen LogP contribution is 2.41. The maximum atomic E-state index is 14.3. The summed E-state index contributed by atoms with van der Waals surface area (Å²) in [5.74, 6) is -3.53. The van der Waals surface area contributed by atoms with E-state index < -0.39 is 46.0 Å². The number of fused-ring (bicyclic) bond motifs is 1. The number of aryl methyl sites for hydroxylation is 1. The Bertz CT molecular complexity index is 2040. The molecule has 0 fully saturated rings. The third-order valence-corrected chi connectivity index (χ3v) is 9.99. The van der Waals surface area contributed by atoms with Crippen LogP contribution in [0.3, 0.4) is 0 Å². The van der Waals surface area contributed by atoms with Gasteiger partial charge in [0.2, 0.25) is 4.80 Å². The zero-order valence-corrected chi connectivity index (χ0v) is 30.3. The van der Waals surface area contributed by atoms with Crippen LogP contribution in [0.15, 0.2) is 43.4 Å². The molecule has 0 radical (unpaired) electrons. The van der Waals surface area contributed by atoms with Gasteiger partial charge in [-0.15, -0.1) is 11.8 Å². The van der Waals surface area contributed by atoms with E-state index in [1.807, 2.05) is 0 Å². The fourth-order valence-electron chi connectivity index (χ4n) is 4.52. The minimum Gasteiger partial charge on any atom is -0.481 e. The highest BCUT2D eigenvalue weighted by molar-refractivity contribution is 9.10. The lowest BCUT2D eigenvalue weighted by atomic mass is 10.1. The number of ether oxygens (including phenoxy) is 1. The van der Waals surface area contributed by atoms with Crippen LogP contribution >= 0.6 is 62.2 Å². The number of rotatable bonds is 7. The van der Waals surface area contributed by atoms with Crippen LogP contribution in [-0.2, 0) is 35.8 Å².